The van der Waals surface area contributed by atoms with Crippen LogP contribution in [0.25, 0.3) is 11.3 Å². The predicted molar refractivity (Wildman–Crippen MR) is 98.3 cm³/mol. The summed E-state index contributed by atoms with van der Waals surface area (Å²) in [6, 6.07) is 15.2. The van der Waals surface area contributed by atoms with Crippen LogP contribution in [0.5, 0.6) is 0 Å². The number of aryl methyl sites for hydroxylation is 1. The van der Waals surface area contributed by atoms with Crippen LogP contribution in [-0.4, -0.2) is 16.2 Å². The molecule has 0 aliphatic carbocycles. The molecule has 0 saturated heterocycles. The van der Waals surface area contributed by atoms with Gasteiger partial charge in [0, 0.05) is 17.7 Å². The molecule has 0 radical (unpaired) electrons. The highest BCUT2D eigenvalue weighted by molar-refractivity contribution is 5.91. The molecule has 27 heavy (non-hydrogen) atoms. The van der Waals surface area contributed by atoms with Gasteiger partial charge in [-0.25, -0.2) is 4.79 Å². The van der Waals surface area contributed by atoms with Crippen molar-refractivity contribution in [2.24, 2.45) is 0 Å². The first-order valence-electron chi connectivity index (χ1n) is 8.19. The lowest BCUT2D eigenvalue weighted by atomic mass is 10.1. The Labute approximate surface area is 154 Å². The molecule has 0 bridgehead atoms. The maximum Gasteiger partial charge on any atom is 0.412 e. The van der Waals surface area contributed by atoms with Crippen LogP contribution in [0.15, 0.2) is 59.1 Å². The second kappa shape index (κ2) is 7.69. The predicted octanol–water partition coefficient (Wildman–Crippen LogP) is 4.87. The molecule has 0 saturated carbocycles. The number of amides is 1. The summed E-state index contributed by atoms with van der Waals surface area (Å²) in [7, 11) is 0. The second-order valence-electron chi connectivity index (χ2n) is 5.86. The van der Waals surface area contributed by atoms with Crippen molar-refractivity contribution in [3.8, 4) is 11.3 Å². The van der Waals surface area contributed by atoms with Crippen LogP contribution in [0.2, 0.25) is 0 Å². The first-order chi connectivity index (χ1) is 13.0. The number of ether oxygens (including phenoxy) is 1. The van der Waals surface area contributed by atoms with Crippen molar-refractivity contribution in [1.82, 2.24) is 5.16 Å². The minimum Gasteiger partial charge on any atom is -0.441 e. The Morgan fingerprint density at radius 3 is 2.67 bits per heavy atom. The van der Waals surface area contributed by atoms with Gasteiger partial charge < -0.3 is 9.26 Å². The molecular formula is C19H17N3O5. The van der Waals surface area contributed by atoms with Gasteiger partial charge in [-0.05, 0) is 19.4 Å². The lowest BCUT2D eigenvalue weighted by Gasteiger charge is -2.14. The van der Waals surface area contributed by atoms with E-state index in [1.54, 1.807) is 19.9 Å². The zero-order chi connectivity index (χ0) is 19.4. The van der Waals surface area contributed by atoms with Crippen LogP contribution in [0.4, 0.5) is 16.2 Å². The van der Waals surface area contributed by atoms with Gasteiger partial charge in [0.2, 0.25) is 0 Å². The highest BCUT2D eigenvalue weighted by atomic mass is 16.6. The molecule has 0 spiro atoms. The molecule has 1 unspecified atom stereocenters. The summed E-state index contributed by atoms with van der Waals surface area (Å²) in [5.41, 5.74) is 1.93. The topological polar surface area (TPSA) is 108 Å². The number of nitrogens with one attached hydrogen (secondary N) is 1. The first kappa shape index (κ1) is 18.1. The number of rotatable bonds is 5. The van der Waals surface area contributed by atoms with E-state index in [4.69, 9.17) is 9.26 Å². The molecule has 0 aliphatic rings. The van der Waals surface area contributed by atoms with Gasteiger partial charge in [0.05, 0.1) is 4.92 Å². The molecule has 1 amide bonds. The number of anilines is 1. The minimum absolute atomic E-state index is 0.0900. The fourth-order valence-corrected chi connectivity index (χ4v) is 2.56. The largest absolute Gasteiger partial charge is 0.441 e. The molecule has 0 fully saturated rings. The second-order valence-corrected chi connectivity index (χ2v) is 5.86. The first-order valence-corrected chi connectivity index (χ1v) is 8.19. The average molecular weight is 367 g/mol. The van der Waals surface area contributed by atoms with Crippen molar-refractivity contribution in [2.45, 2.75) is 20.0 Å². The van der Waals surface area contributed by atoms with E-state index in [0.29, 0.717) is 16.9 Å². The summed E-state index contributed by atoms with van der Waals surface area (Å²) in [6.45, 7) is 3.41. The van der Waals surface area contributed by atoms with Crippen molar-refractivity contribution >= 4 is 17.5 Å². The lowest BCUT2D eigenvalue weighted by molar-refractivity contribution is -0.384. The smallest absolute Gasteiger partial charge is 0.412 e. The molecule has 8 nitrogen and oxygen atoms in total. The van der Waals surface area contributed by atoms with Crippen LogP contribution in [0, 0.1) is 17.0 Å². The molecule has 1 N–H and O–H groups in total. The van der Waals surface area contributed by atoms with Gasteiger partial charge in [-0.2, -0.15) is 0 Å². The number of aromatic nitrogens is 1. The summed E-state index contributed by atoms with van der Waals surface area (Å²) < 4.78 is 10.7. The number of benzene rings is 2. The zero-order valence-corrected chi connectivity index (χ0v) is 14.7. The molecule has 0 aliphatic heterocycles. The Kier molecular flexibility index (Phi) is 5.16. The van der Waals surface area contributed by atoms with Gasteiger partial charge in [-0.1, -0.05) is 47.6 Å². The van der Waals surface area contributed by atoms with Gasteiger partial charge in [0.15, 0.2) is 5.76 Å². The Morgan fingerprint density at radius 2 is 1.96 bits per heavy atom. The quantitative estimate of drug-likeness (QED) is 0.509. The van der Waals surface area contributed by atoms with Gasteiger partial charge in [-0.15, -0.1) is 0 Å². The van der Waals surface area contributed by atoms with E-state index in [1.165, 1.54) is 18.2 Å². The monoisotopic (exact) mass is 367 g/mol. The minimum atomic E-state index is -0.677. The number of non-ortho nitro benzene ring substituents is 1. The zero-order valence-electron chi connectivity index (χ0n) is 14.7. The highest BCUT2D eigenvalue weighted by Gasteiger charge is 2.21. The molecule has 138 valence electrons. The van der Waals surface area contributed by atoms with Crippen molar-refractivity contribution < 1.29 is 19.0 Å². The summed E-state index contributed by atoms with van der Waals surface area (Å²) in [6.07, 6.45) is -1.13. The molecule has 1 heterocycles. The third-order valence-electron chi connectivity index (χ3n) is 3.96. The molecule has 1 aromatic heterocycles. The van der Waals surface area contributed by atoms with Gasteiger partial charge in [0.1, 0.15) is 17.5 Å². The maximum absolute atomic E-state index is 12.3. The van der Waals surface area contributed by atoms with Gasteiger partial charge in [-0.3, -0.25) is 15.4 Å². The van der Waals surface area contributed by atoms with Gasteiger partial charge in [0.25, 0.3) is 5.69 Å². The number of nitro groups is 1. The third kappa shape index (κ3) is 4.12. The van der Waals surface area contributed by atoms with E-state index in [0.717, 1.165) is 5.56 Å². The number of hydrogen-bond acceptors (Lipinski definition) is 6. The average Bonchev–Trinajstić information content (AvgIpc) is 3.03. The summed E-state index contributed by atoms with van der Waals surface area (Å²) >= 11 is 0. The van der Waals surface area contributed by atoms with Crippen LogP contribution >= 0.6 is 0 Å². The lowest BCUT2D eigenvalue weighted by Crippen LogP contribution is -2.16. The summed E-state index contributed by atoms with van der Waals surface area (Å²) in [5.74, 6) is 0.223. The molecule has 8 heteroatoms. The Balaban J connectivity index is 1.80. The Morgan fingerprint density at radius 1 is 1.22 bits per heavy atom. The molecule has 1 atom stereocenters. The van der Waals surface area contributed by atoms with Crippen molar-refractivity contribution in [2.75, 3.05) is 5.32 Å². The van der Waals surface area contributed by atoms with Crippen molar-refractivity contribution in [1.29, 1.82) is 0 Å². The molecular weight excluding hydrogens is 350 g/mol. The summed E-state index contributed by atoms with van der Waals surface area (Å²) in [4.78, 5) is 22.8. The van der Waals surface area contributed by atoms with Crippen molar-refractivity contribution in [3.05, 3.63) is 76.0 Å². The number of carbonyl (C=O) groups is 1. The SMILES string of the molecule is Cc1noc(-c2cccc([N+](=O)[O-])c2)c1NC(=O)OC(C)c1ccccc1. The molecule has 3 rings (SSSR count). The van der Waals surface area contributed by atoms with E-state index in [1.807, 2.05) is 30.3 Å². The number of nitro benzene ring substituents is 1. The number of hydrogen-bond donors (Lipinski definition) is 1. The fourth-order valence-electron chi connectivity index (χ4n) is 2.56. The fraction of sp³-hybridized carbons (Fsp3) is 0.158. The standard InChI is InChI=1S/C19H17N3O5/c1-12-17(20-19(23)26-13(2)14-7-4-3-5-8-14)18(27-21-12)15-9-6-10-16(11-15)22(24)25/h3-11,13H,1-2H3,(H,20,23). The van der Waals surface area contributed by atoms with Crippen molar-refractivity contribution in [3.63, 3.8) is 0 Å². The van der Waals surface area contributed by atoms with E-state index < -0.39 is 17.1 Å². The summed E-state index contributed by atoms with van der Waals surface area (Å²) in [5, 5.41) is 17.4. The van der Waals surface area contributed by atoms with Gasteiger partial charge >= 0.3 is 6.09 Å². The number of carbonyl (C=O) groups excluding carboxylic acids is 1. The Hall–Kier alpha value is -3.68. The van der Waals surface area contributed by atoms with Crippen LogP contribution in [-0.2, 0) is 4.74 Å². The Bertz CT molecular complexity index is 968. The van der Waals surface area contributed by atoms with Crippen LogP contribution < -0.4 is 5.32 Å². The maximum atomic E-state index is 12.3. The molecule has 3 aromatic rings. The third-order valence-corrected chi connectivity index (χ3v) is 3.96. The molecule has 2 aromatic carbocycles. The van der Waals surface area contributed by atoms with E-state index in [-0.39, 0.29) is 11.4 Å². The van der Waals surface area contributed by atoms with E-state index in [9.17, 15) is 14.9 Å². The normalized spacial score (nSPS) is 11.6. The van der Waals surface area contributed by atoms with E-state index in [2.05, 4.69) is 10.5 Å². The number of nitrogens with zero attached hydrogens (tertiary/aromatic N) is 2. The van der Waals surface area contributed by atoms with Crippen LogP contribution in [0.3, 0.4) is 0 Å². The van der Waals surface area contributed by atoms with E-state index >= 15 is 0 Å². The van der Waals surface area contributed by atoms with Crippen LogP contribution in [0.1, 0.15) is 24.3 Å². The highest BCUT2D eigenvalue weighted by Crippen LogP contribution is 2.33.